The summed E-state index contributed by atoms with van der Waals surface area (Å²) in [4.78, 5) is 0. The van der Waals surface area contributed by atoms with Gasteiger partial charge in [-0.05, 0) is 39.8 Å². The molecule has 1 saturated heterocycles. The molecule has 1 heterocycles. The molecule has 1 atom stereocenters. The van der Waals surface area contributed by atoms with Crippen molar-refractivity contribution < 1.29 is 5.11 Å². The van der Waals surface area contributed by atoms with Crippen molar-refractivity contribution in [1.82, 2.24) is 5.32 Å². The first-order valence-corrected chi connectivity index (χ1v) is 6.34. The van der Waals surface area contributed by atoms with E-state index in [1.165, 1.54) is 0 Å². The van der Waals surface area contributed by atoms with Crippen molar-refractivity contribution in [2.75, 3.05) is 0 Å². The van der Waals surface area contributed by atoms with Gasteiger partial charge >= 0.3 is 0 Å². The highest BCUT2D eigenvalue weighted by Crippen LogP contribution is 2.38. The monoisotopic (exact) mass is 243 g/mol. The molecule has 1 aliphatic heterocycles. The summed E-state index contributed by atoms with van der Waals surface area (Å²) in [6.45, 7) is 8.19. The predicted octanol–water partition coefficient (Wildman–Crippen LogP) is 2.32. The van der Waals surface area contributed by atoms with Gasteiger partial charge in [0.05, 0.1) is 5.54 Å². The maximum Gasteiger partial charge on any atom is 0.145 e. The summed E-state index contributed by atoms with van der Waals surface area (Å²) in [5.74, 6) is 6.14. The van der Waals surface area contributed by atoms with Gasteiger partial charge in [-0.25, -0.2) is 0 Å². The molecule has 1 unspecified atom stereocenters. The van der Waals surface area contributed by atoms with Gasteiger partial charge in [0.15, 0.2) is 0 Å². The molecule has 2 heteroatoms. The summed E-state index contributed by atoms with van der Waals surface area (Å²) in [6, 6.07) is 9.78. The molecule has 2 N–H and O–H groups in total. The van der Waals surface area contributed by atoms with Crippen LogP contribution in [-0.4, -0.2) is 21.8 Å². The predicted molar refractivity (Wildman–Crippen MR) is 74.2 cm³/mol. The van der Waals surface area contributed by atoms with Crippen LogP contribution in [0.25, 0.3) is 0 Å². The molecule has 1 aliphatic rings. The van der Waals surface area contributed by atoms with E-state index in [1.807, 2.05) is 44.2 Å². The van der Waals surface area contributed by atoms with E-state index >= 15 is 0 Å². The molecule has 0 radical (unpaired) electrons. The molecule has 0 aromatic heterocycles. The summed E-state index contributed by atoms with van der Waals surface area (Å²) >= 11 is 0. The molecule has 0 aliphatic carbocycles. The van der Waals surface area contributed by atoms with E-state index in [1.54, 1.807) is 0 Å². The van der Waals surface area contributed by atoms with E-state index in [-0.39, 0.29) is 5.54 Å². The van der Waals surface area contributed by atoms with Gasteiger partial charge in [-0.3, -0.25) is 0 Å². The largest absolute Gasteiger partial charge is 0.376 e. The van der Waals surface area contributed by atoms with E-state index in [9.17, 15) is 5.11 Å². The molecule has 2 nitrogen and oxygen atoms in total. The van der Waals surface area contributed by atoms with Crippen LogP contribution in [0.5, 0.6) is 0 Å². The van der Waals surface area contributed by atoms with Gasteiger partial charge in [0, 0.05) is 17.5 Å². The van der Waals surface area contributed by atoms with Crippen molar-refractivity contribution in [2.24, 2.45) is 0 Å². The summed E-state index contributed by atoms with van der Waals surface area (Å²) in [6.07, 6.45) is 0.632. The number of nitrogens with one attached hydrogen (secondary N) is 1. The van der Waals surface area contributed by atoms with Crippen LogP contribution in [0.2, 0.25) is 0 Å². The van der Waals surface area contributed by atoms with Gasteiger partial charge in [0.1, 0.15) is 5.60 Å². The number of rotatable bonds is 0. The van der Waals surface area contributed by atoms with Crippen LogP contribution >= 0.6 is 0 Å². The zero-order valence-corrected chi connectivity index (χ0v) is 11.5. The summed E-state index contributed by atoms with van der Waals surface area (Å²) in [7, 11) is 0. The minimum atomic E-state index is -0.994. The van der Waals surface area contributed by atoms with Crippen LogP contribution in [0.1, 0.15) is 39.7 Å². The van der Waals surface area contributed by atoms with Crippen molar-refractivity contribution in [2.45, 2.75) is 50.8 Å². The van der Waals surface area contributed by atoms with Gasteiger partial charge in [0.25, 0.3) is 0 Å². The number of aliphatic hydroxyl groups is 1. The van der Waals surface area contributed by atoms with Crippen molar-refractivity contribution in [3.63, 3.8) is 0 Å². The molecule has 1 aromatic rings. The molecule has 96 valence electrons. The average molecular weight is 243 g/mol. The van der Waals surface area contributed by atoms with Crippen molar-refractivity contribution >= 4 is 0 Å². The minimum Gasteiger partial charge on any atom is -0.376 e. The third kappa shape index (κ3) is 2.43. The van der Waals surface area contributed by atoms with Crippen LogP contribution in [0.4, 0.5) is 0 Å². The van der Waals surface area contributed by atoms with E-state index in [0.717, 1.165) is 5.56 Å². The number of hydrogen-bond acceptors (Lipinski definition) is 2. The Bertz CT molecular complexity index is 493. The molecule has 2 rings (SSSR count). The SMILES string of the molecule is CC1(C)CC(O)(C#Cc2ccccc2)C(C)(C)N1. The van der Waals surface area contributed by atoms with Crippen molar-refractivity contribution in [3.05, 3.63) is 35.9 Å². The second-order valence-electron chi connectivity index (χ2n) is 6.29. The fourth-order valence-electron chi connectivity index (χ4n) is 2.75. The second-order valence-corrected chi connectivity index (χ2v) is 6.29. The van der Waals surface area contributed by atoms with Crippen LogP contribution in [0.15, 0.2) is 30.3 Å². The number of benzene rings is 1. The summed E-state index contributed by atoms with van der Waals surface area (Å²) in [5, 5.41) is 14.2. The van der Waals surface area contributed by atoms with Crippen LogP contribution in [-0.2, 0) is 0 Å². The van der Waals surface area contributed by atoms with Crippen molar-refractivity contribution in [3.8, 4) is 11.8 Å². The molecular weight excluding hydrogens is 222 g/mol. The lowest BCUT2D eigenvalue weighted by molar-refractivity contribution is 0.0485. The fraction of sp³-hybridized carbons (Fsp3) is 0.500. The van der Waals surface area contributed by atoms with Crippen LogP contribution in [0, 0.1) is 11.8 Å². The first-order chi connectivity index (χ1) is 8.24. The average Bonchev–Trinajstić information content (AvgIpc) is 2.42. The highest BCUT2D eigenvalue weighted by molar-refractivity contribution is 5.39. The second kappa shape index (κ2) is 4.12. The maximum atomic E-state index is 10.8. The quantitative estimate of drug-likeness (QED) is 0.685. The van der Waals surface area contributed by atoms with Gasteiger partial charge in [-0.2, -0.15) is 0 Å². The Morgan fingerprint density at radius 3 is 2.22 bits per heavy atom. The molecule has 0 spiro atoms. The molecule has 0 saturated carbocycles. The molecule has 1 fully saturated rings. The molecule has 1 aromatic carbocycles. The Balaban J connectivity index is 2.31. The van der Waals surface area contributed by atoms with Gasteiger partial charge in [-0.15, -0.1) is 0 Å². The standard InChI is InChI=1S/C16H21NO/c1-14(2)12-16(18,15(3,4)17-14)11-10-13-8-6-5-7-9-13/h5-9,17-18H,12H2,1-4H3. The Hall–Kier alpha value is -1.30. The minimum absolute atomic E-state index is 0.0936. The first kappa shape index (κ1) is 13.1. The molecule has 0 bridgehead atoms. The third-order valence-corrected chi connectivity index (χ3v) is 3.57. The lowest BCUT2D eigenvalue weighted by Gasteiger charge is -2.31. The number of hydrogen-bond donors (Lipinski definition) is 2. The molecular formula is C16H21NO. The summed E-state index contributed by atoms with van der Waals surface area (Å²) in [5.41, 5.74) is -0.555. The van der Waals surface area contributed by atoms with E-state index in [2.05, 4.69) is 31.0 Å². The molecule has 0 amide bonds. The lowest BCUT2D eigenvalue weighted by atomic mass is 9.82. The van der Waals surface area contributed by atoms with E-state index in [0.29, 0.717) is 6.42 Å². The Labute approximate surface area is 109 Å². The van der Waals surface area contributed by atoms with Crippen LogP contribution in [0.3, 0.4) is 0 Å². The lowest BCUT2D eigenvalue weighted by Crippen LogP contribution is -2.52. The van der Waals surface area contributed by atoms with E-state index in [4.69, 9.17) is 0 Å². The topological polar surface area (TPSA) is 32.3 Å². The van der Waals surface area contributed by atoms with Crippen molar-refractivity contribution in [1.29, 1.82) is 0 Å². The summed E-state index contributed by atoms with van der Waals surface area (Å²) < 4.78 is 0. The van der Waals surface area contributed by atoms with Gasteiger partial charge in [-0.1, -0.05) is 30.0 Å². The first-order valence-electron chi connectivity index (χ1n) is 6.34. The highest BCUT2D eigenvalue weighted by atomic mass is 16.3. The zero-order chi connectivity index (χ0) is 13.4. The van der Waals surface area contributed by atoms with Gasteiger partial charge in [0.2, 0.25) is 0 Å². The highest BCUT2D eigenvalue weighted by Gasteiger charge is 2.53. The Morgan fingerprint density at radius 2 is 1.72 bits per heavy atom. The fourth-order valence-corrected chi connectivity index (χ4v) is 2.75. The zero-order valence-electron chi connectivity index (χ0n) is 11.5. The van der Waals surface area contributed by atoms with Crippen LogP contribution < -0.4 is 5.32 Å². The van der Waals surface area contributed by atoms with Gasteiger partial charge < -0.3 is 10.4 Å². The Morgan fingerprint density at radius 1 is 1.11 bits per heavy atom. The normalized spacial score (nSPS) is 28.5. The maximum absolute atomic E-state index is 10.8. The smallest absolute Gasteiger partial charge is 0.145 e. The molecule has 18 heavy (non-hydrogen) atoms. The van der Waals surface area contributed by atoms with E-state index < -0.39 is 11.1 Å². The third-order valence-electron chi connectivity index (χ3n) is 3.57. The Kier molecular flexibility index (Phi) is 3.01.